The number of hydrogen-bond donors (Lipinski definition) is 0. The summed E-state index contributed by atoms with van der Waals surface area (Å²) in [4.78, 5) is 25.3. The number of carbonyl (C=O) groups is 1. The van der Waals surface area contributed by atoms with Gasteiger partial charge in [0.25, 0.3) is 0 Å². The number of ether oxygens (including phenoxy) is 4. The highest BCUT2D eigenvalue weighted by Crippen LogP contribution is 2.40. The minimum atomic E-state index is -4.97. The Balaban J connectivity index is 2.08. The molecule has 0 spiro atoms. The number of esters is 1. The van der Waals surface area contributed by atoms with Crippen LogP contribution in [0.4, 0.5) is 13.2 Å². The third-order valence-electron chi connectivity index (χ3n) is 5.00. The Morgan fingerprint density at radius 1 is 1.00 bits per heavy atom. The minimum absolute atomic E-state index is 0.0432. The molecule has 0 N–H and O–H groups in total. The molecule has 1 aromatic heterocycles. The van der Waals surface area contributed by atoms with Crippen LogP contribution in [0.2, 0.25) is 0 Å². The van der Waals surface area contributed by atoms with Crippen molar-refractivity contribution in [2.45, 2.75) is 33.1 Å². The lowest BCUT2D eigenvalue weighted by Gasteiger charge is -2.16. The van der Waals surface area contributed by atoms with Crippen LogP contribution in [0.1, 0.15) is 26.5 Å². The second-order valence-electron chi connectivity index (χ2n) is 8.14. The maximum atomic E-state index is 14.0. The van der Waals surface area contributed by atoms with Gasteiger partial charge in [0.2, 0.25) is 11.2 Å². The zero-order valence-corrected chi connectivity index (χ0v) is 19.8. The van der Waals surface area contributed by atoms with Crippen molar-refractivity contribution in [3.8, 4) is 28.4 Å². The lowest BCUT2D eigenvalue weighted by Crippen LogP contribution is -2.27. The molecule has 3 rings (SSSR count). The number of rotatable bonds is 8. The van der Waals surface area contributed by atoms with E-state index in [-0.39, 0.29) is 46.3 Å². The van der Waals surface area contributed by atoms with E-state index in [0.717, 1.165) is 6.07 Å². The van der Waals surface area contributed by atoms with Crippen LogP contribution in [0.15, 0.2) is 45.6 Å². The second-order valence-corrected chi connectivity index (χ2v) is 8.14. The highest BCUT2D eigenvalue weighted by atomic mass is 19.4. The van der Waals surface area contributed by atoms with Gasteiger partial charge in [0.15, 0.2) is 17.6 Å². The molecule has 0 bridgehead atoms. The summed E-state index contributed by atoms with van der Waals surface area (Å²) >= 11 is 0. The van der Waals surface area contributed by atoms with E-state index < -0.39 is 35.0 Å². The summed E-state index contributed by atoms with van der Waals surface area (Å²) in [5, 5.41) is -0.0924. The zero-order valence-electron chi connectivity index (χ0n) is 19.8. The third kappa shape index (κ3) is 5.70. The number of halogens is 3. The monoisotopic (exact) mass is 494 g/mol. The Morgan fingerprint density at radius 2 is 1.69 bits per heavy atom. The predicted octanol–water partition coefficient (Wildman–Crippen LogP) is 5.46. The maximum Gasteiger partial charge on any atom is 0.450 e. The molecule has 188 valence electrons. The van der Waals surface area contributed by atoms with Gasteiger partial charge in [-0.15, -0.1) is 0 Å². The Bertz CT molecular complexity index is 1280. The van der Waals surface area contributed by atoms with Gasteiger partial charge in [0, 0.05) is 6.07 Å². The number of benzene rings is 2. The van der Waals surface area contributed by atoms with Gasteiger partial charge in [-0.1, -0.05) is 19.9 Å². The van der Waals surface area contributed by atoms with Gasteiger partial charge in [0.05, 0.1) is 31.8 Å². The summed E-state index contributed by atoms with van der Waals surface area (Å²) in [6.07, 6.45) is -5.99. The molecule has 0 amide bonds. The molecular formula is C25H25F3O7. The van der Waals surface area contributed by atoms with Gasteiger partial charge in [0.1, 0.15) is 11.3 Å². The Morgan fingerprint density at radius 3 is 2.29 bits per heavy atom. The molecule has 0 aliphatic heterocycles. The summed E-state index contributed by atoms with van der Waals surface area (Å²) in [5.41, 5.74) is -1.94. The van der Waals surface area contributed by atoms with Crippen LogP contribution in [0.25, 0.3) is 22.1 Å². The van der Waals surface area contributed by atoms with Crippen molar-refractivity contribution in [1.29, 1.82) is 0 Å². The van der Waals surface area contributed by atoms with E-state index in [0.29, 0.717) is 0 Å². The van der Waals surface area contributed by atoms with E-state index in [1.54, 1.807) is 0 Å². The summed E-state index contributed by atoms with van der Waals surface area (Å²) in [6.45, 7) is 5.40. The Hall–Kier alpha value is -3.69. The van der Waals surface area contributed by atoms with Crippen LogP contribution in [-0.4, -0.2) is 32.9 Å². The van der Waals surface area contributed by atoms with E-state index in [4.69, 9.17) is 23.4 Å². The third-order valence-corrected chi connectivity index (χ3v) is 5.00. The van der Waals surface area contributed by atoms with Crippen molar-refractivity contribution in [3.05, 3.63) is 52.4 Å². The van der Waals surface area contributed by atoms with Gasteiger partial charge >= 0.3 is 12.1 Å². The molecule has 0 aliphatic rings. The first-order chi connectivity index (χ1) is 16.5. The van der Waals surface area contributed by atoms with Crippen molar-refractivity contribution in [3.63, 3.8) is 0 Å². The summed E-state index contributed by atoms with van der Waals surface area (Å²) in [6, 6.07) is 7.78. The zero-order chi connectivity index (χ0) is 25.9. The minimum Gasteiger partial charge on any atom is -0.493 e. The van der Waals surface area contributed by atoms with Crippen LogP contribution in [-0.2, 0) is 15.7 Å². The van der Waals surface area contributed by atoms with E-state index in [9.17, 15) is 22.8 Å². The van der Waals surface area contributed by atoms with Crippen LogP contribution in [0, 0.1) is 5.92 Å². The van der Waals surface area contributed by atoms with Gasteiger partial charge in [-0.25, -0.2) is 4.79 Å². The molecule has 0 fully saturated rings. The van der Waals surface area contributed by atoms with Crippen molar-refractivity contribution in [2.24, 2.45) is 5.92 Å². The molecule has 0 aliphatic carbocycles. The quantitative estimate of drug-likeness (QED) is 0.385. The largest absolute Gasteiger partial charge is 0.493 e. The Labute approximate surface area is 199 Å². The fourth-order valence-corrected chi connectivity index (χ4v) is 3.32. The topological polar surface area (TPSA) is 84.2 Å². The van der Waals surface area contributed by atoms with Gasteiger partial charge in [-0.2, -0.15) is 13.2 Å². The van der Waals surface area contributed by atoms with Crippen LogP contribution >= 0.6 is 0 Å². The van der Waals surface area contributed by atoms with Crippen molar-refractivity contribution >= 4 is 16.9 Å². The highest BCUT2D eigenvalue weighted by molar-refractivity contribution is 5.84. The van der Waals surface area contributed by atoms with Crippen LogP contribution in [0.3, 0.4) is 0 Å². The fourth-order valence-electron chi connectivity index (χ4n) is 3.32. The number of hydrogen-bond acceptors (Lipinski definition) is 7. The molecule has 35 heavy (non-hydrogen) atoms. The highest BCUT2D eigenvalue weighted by Gasteiger charge is 2.39. The molecule has 0 saturated heterocycles. The molecule has 1 atom stereocenters. The number of alkyl halides is 3. The van der Waals surface area contributed by atoms with Crippen molar-refractivity contribution in [2.75, 3.05) is 20.8 Å². The molecule has 2 aromatic carbocycles. The maximum absolute atomic E-state index is 14.0. The molecule has 10 heteroatoms. The molecule has 0 radical (unpaired) electrons. The summed E-state index contributed by atoms with van der Waals surface area (Å²) < 4.78 is 67.9. The second kappa shape index (κ2) is 10.3. The molecule has 0 saturated carbocycles. The first-order valence-electron chi connectivity index (χ1n) is 10.7. The van der Waals surface area contributed by atoms with E-state index in [2.05, 4.69) is 0 Å². The first-order valence-corrected chi connectivity index (χ1v) is 10.7. The standard InChI is InChI=1S/C25H25F3O7/c1-13(2)12-33-24(30)14(3)34-16-7-8-17-19(11-16)35-23(25(26,27)28)21(22(17)29)15-6-9-18(31-4)20(10-15)32-5/h6-11,13-14H,12H2,1-5H3/t14-/m0/s1. The fraction of sp³-hybridized carbons (Fsp3) is 0.360. The molecule has 1 heterocycles. The predicted molar refractivity (Wildman–Crippen MR) is 122 cm³/mol. The molecule has 7 nitrogen and oxygen atoms in total. The SMILES string of the molecule is COc1ccc(-c2c(C(F)(F)F)oc3cc(O[C@@H](C)C(=O)OCC(C)C)ccc3c2=O)cc1OC. The van der Waals surface area contributed by atoms with Gasteiger partial charge in [-0.3, -0.25) is 4.79 Å². The van der Waals surface area contributed by atoms with Crippen LogP contribution in [0.5, 0.6) is 17.2 Å². The Kier molecular flexibility index (Phi) is 7.62. The van der Waals surface area contributed by atoms with E-state index >= 15 is 0 Å². The number of carbonyl (C=O) groups excluding carboxylic acids is 1. The van der Waals surface area contributed by atoms with Crippen molar-refractivity contribution < 1.29 is 41.3 Å². The average molecular weight is 494 g/mol. The number of fused-ring (bicyclic) bond motifs is 1. The van der Waals surface area contributed by atoms with Crippen LogP contribution < -0.4 is 19.6 Å². The van der Waals surface area contributed by atoms with Gasteiger partial charge in [-0.05, 0) is 42.7 Å². The molecule has 3 aromatic rings. The molecular weight excluding hydrogens is 469 g/mol. The number of methoxy groups -OCH3 is 2. The lowest BCUT2D eigenvalue weighted by atomic mass is 10.0. The molecule has 0 unspecified atom stereocenters. The summed E-state index contributed by atoms with van der Waals surface area (Å²) in [7, 11) is 2.71. The lowest BCUT2D eigenvalue weighted by molar-refractivity contribution is -0.152. The van der Waals surface area contributed by atoms with E-state index in [1.807, 2.05) is 13.8 Å². The smallest absolute Gasteiger partial charge is 0.450 e. The average Bonchev–Trinajstić information content (AvgIpc) is 2.81. The van der Waals surface area contributed by atoms with Crippen molar-refractivity contribution in [1.82, 2.24) is 0 Å². The first kappa shape index (κ1) is 25.9. The van der Waals surface area contributed by atoms with E-state index in [1.165, 1.54) is 51.5 Å². The summed E-state index contributed by atoms with van der Waals surface area (Å²) in [5.74, 6) is -1.48. The normalized spacial score (nSPS) is 12.5. The van der Waals surface area contributed by atoms with Gasteiger partial charge < -0.3 is 23.4 Å².